The van der Waals surface area contributed by atoms with Crippen molar-refractivity contribution in [2.75, 3.05) is 4.90 Å². The summed E-state index contributed by atoms with van der Waals surface area (Å²) in [5, 5.41) is 0.837. The number of hydrogen-bond acceptors (Lipinski definition) is 2. The third-order valence-electron chi connectivity index (χ3n) is 4.71. The standard InChI is InChI=1S/C23H15ClF2N2O2/c24-15-5-3-6-16(12-15)28(23(30)18-7-1-2-9-19(18)25)13-14-11-21(29)27-22-17(14)8-4-10-20(22)26/h1-12H,13H2,(H,27,29). The highest BCUT2D eigenvalue weighted by atomic mass is 35.5. The molecule has 1 N–H and O–H groups in total. The topological polar surface area (TPSA) is 53.2 Å². The molecule has 0 bridgehead atoms. The van der Waals surface area contributed by atoms with Crippen LogP contribution in [-0.2, 0) is 6.54 Å². The molecule has 3 aromatic carbocycles. The van der Waals surface area contributed by atoms with Crippen LogP contribution >= 0.6 is 11.6 Å². The van der Waals surface area contributed by atoms with Crippen molar-refractivity contribution in [3.8, 4) is 0 Å². The number of carbonyl (C=O) groups excluding carboxylic acids is 1. The first-order chi connectivity index (χ1) is 14.4. The highest BCUT2D eigenvalue weighted by Gasteiger charge is 2.22. The number of anilines is 1. The van der Waals surface area contributed by atoms with Gasteiger partial charge in [-0.25, -0.2) is 8.78 Å². The monoisotopic (exact) mass is 424 g/mol. The minimum Gasteiger partial charge on any atom is -0.319 e. The Morgan fingerprint density at radius 2 is 1.67 bits per heavy atom. The van der Waals surface area contributed by atoms with Gasteiger partial charge in [0.1, 0.15) is 11.6 Å². The first-order valence-corrected chi connectivity index (χ1v) is 9.44. The van der Waals surface area contributed by atoms with E-state index in [4.69, 9.17) is 11.6 Å². The minimum absolute atomic E-state index is 0.0457. The van der Waals surface area contributed by atoms with E-state index in [1.807, 2.05) is 0 Å². The van der Waals surface area contributed by atoms with E-state index < -0.39 is 23.1 Å². The van der Waals surface area contributed by atoms with Crippen LogP contribution in [0.2, 0.25) is 5.02 Å². The van der Waals surface area contributed by atoms with E-state index >= 15 is 0 Å². The van der Waals surface area contributed by atoms with Gasteiger partial charge in [0.25, 0.3) is 5.91 Å². The summed E-state index contributed by atoms with van der Waals surface area (Å²) in [6.45, 7) is -0.0859. The fraction of sp³-hybridized carbons (Fsp3) is 0.0435. The zero-order valence-electron chi connectivity index (χ0n) is 15.5. The third kappa shape index (κ3) is 3.82. The number of fused-ring (bicyclic) bond motifs is 1. The number of nitrogens with one attached hydrogen (secondary N) is 1. The number of H-pyrrole nitrogens is 1. The molecule has 0 radical (unpaired) electrons. The van der Waals surface area contributed by atoms with Gasteiger partial charge in [0, 0.05) is 22.2 Å². The Balaban J connectivity index is 1.87. The van der Waals surface area contributed by atoms with Gasteiger partial charge in [-0.1, -0.05) is 41.9 Å². The lowest BCUT2D eigenvalue weighted by Crippen LogP contribution is -2.31. The van der Waals surface area contributed by atoms with Crippen molar-refractivity contribution in [1.82, 2.24) is 4.98 Å². The van der Waals surface area contributed by atoms with Crippen molar-refractivity contribution in [2.45, 2.75) is 6.54 Å². The van der Waals surface area contributed by atoms with Gasteiger partial charge in [0.15, 0.2) is 0 Å². The van der Waals surface area contributed by atoms with E-state index in [-0.39, 0.29) is 17.6 Å². The van der Waals surface area contributed by atoms with Crippen molar-refractivity contribution in [1.29, 1.82) is 0 Å². The molecular formula is C23H15ClF2N2O2. The molecule has 0 saturated carbocycles. The Labute approximate surface area is 175 Å². The van der Waals surface area contributed by atoms with Crippen molar-refractivity contribution in [3.63, 3.8) is 0 Å². The lowest BCUT2D eigenvalue weighted by atomic mass is 10.1. The first-order valence-electron chi connectivity index (χ1n) is 9.06. The maximum absolute atomic E-state index is 14.3. The smallest absolute Gasteiger partial charge is 0.261 e. The molecule has 4 rings (SSSR count). The number of nitrogens with zero attached hydrogens (tertiary/aromatic N) is 1. The quantitative estimate of drug-likeness (QED) is 0.483. The SMILES string of the molecule is O=C(c1ccccc1F)N(Cc1cc(=O)[nH]c2c(F)cccc12)c1cccc(Cl)c1. The van der Waals surface area contributed by atoms with Crippen molar-refractivity contribution in [3.05, 3.63) is 111 Å². The number of rotatable bonds is 4. The summed E-state index contributed by atoms with van der Waals surface area (Å²) >= 11 is 6.10. The first kappa shape index (κ1) is 19.8. The molecule has 150 valence electrons. The highest BCUT2D eigenvalue weighted by molar-refractivity contribution is 6.31. The molecule has 0 aliphatic carbocycles. The lowest BCUT2D eigenvalue weighted by Gasteiger charge is -2.24. The van der Waals surface area contributed by atoms with Gasteiger partial charge < -0.3 is 9.88 Å². The number of benzene rings is 3. The molecule has 7 heteroatoms. The lowest BCUT2D eigenvalue weighted by molar-refractivity contribution is 0.0981. The van der Waals surface area contributed by atoms with E-state index in [0.717, 1.165) is 0 Å². The van der Waals surface area contributed by atoms with Crippen LogP contribution in [0.4, 0.5) is 14.5 Å². The number of halogens is 3. The summed E-state index contributed by atoms with van der Waals surface area (Å²) in [6.07, 6.45) is 0. The molecule has 0 saturated heterocycles. The van der Waals surface area contributed by atoms with E-state index in [9.17, 15) is 18.4 Å². The van der Waals surface area contributed by atoms with Gasteiger partial charge in [-0.15, -0.1) is 0 Å². The Morgan fingerprint density at radius 3 is 2.43 bits per heavy atom. The van der Waals surface area contributed by atoms with Gasteiger partial charge in [-0.2, -0.15) is 0 Å². The third-order valence-corrected chi connectivity index (χ3v) is 4.95. The second-order valence-electron chi connectivity index (χ2n) is 6.67. The Kier molecular flexibility index (Phi) is 5.33. The molecule has 0 aliphatic rings. The summed E-state index contributed by atoms with van der Waals surface area (Å²) in [5.41, 5.74) is 0.243. The maximum Gasteiger partial charge on any atom is 0.261 e. The fourth-order valence-corrected chi connectivity index (χ4v) is 3.50. The molecule has 4 nitrogen and oxygen atoms in total. The van der Waals surface area contributed by atoms with Gasteiger partial charge in [-0.3, -0.25) is 9.59 Å². The molecule has 0 aliphatic heterocycles. The number of para-hydroxylation sites is 1. The van der Waals surface area contributed by atoms with Gasteiger partial charge in [-0.05, 0) is 42.0 Å². The molecule has 1 amide bonds. The zero-order valence-corrected chi connectivity index (χ0v) is 16.3. The summed E-state index contributed by atoms with van der Waals surface area (Å²) in [5.74, 6) is -1.86. The second-order valence-corrected chi connectivity index (χ2v) is 7.11. The molecule has 1 aromatic heterocycles. The molecule has 0 atom stereocenters. The molecule has 0 unspecified atom stereocenters. The summed E-state index contributed by atoms with van der Waals surface area (Å²) in [7, 11) is 0. The van der Waals surface area contributed by atoms with Crippen molar-refractivity contribution in [2.24, 2.45) is 0 Å². The van der Waals surface area contributed by atoms with Gasteiger partial charge >= 0.3 is 0 Å². The maximum atomic E-state index is 14.3. The summed E-state index contributed by atoms with van der Waals surface area (Å²) in [6, 6.07) is 17.9. The van der Waals surface area contributed by atoms with Gasteiger partial charge in [0.05, 0.1) is 17.6 Å². The number of amides is 1. The largest absolute Gasteiger partial charge is 0.319 e. The van der Waals surface area contributed by atoms with Crippen LogP contribution in [0, 0.1) is 11.6 Å². The molecular weight excluding hydrogens is 410 g/mol. The van der Waals surface area contributed by atoms with Crippen LogP contribution in [0.25, 0.3) is 10.9 Å². The summed E-state index contributed by atoms with van der Waals surface area (Å²) in [4.78, 5) is 29.2. The molecule has 4 aromatic rings. The second kappa shape index (κ2) is 8.08. The number of pyridine rings is 1. The van der Waals surface area contributed by atoms with Crippen LogP contribution in [0.5, 0.6) is 0 Å². The molecule has 0 fully saturated rings. The van der Waals surface area contributed by atoms with Crippen LogP contribution in [0.1, 0.15) is 15.9 Å². The van der Waals surface area contributed by atoms with Crippen molar-refractivity contribution < 1.29 is 13.6 Å². The number of hydrogen-bond donors (Lipinski definition) is 1. The normalized spacial score (nSPS) is 10.9. The number of carbonyl (C=O) groups is 1. The Morgan fingerprint density at radius 1 is 0.933 bits per heavy atom. The highest BCUT2D eigenvalue weighted by Crippen LogP contribution is 2.26. The Bertz CT molecular complexity index is 1320. The van der Waals surface area contributed by atoms with Crippen molar-refractivity contribution >= 4 is 34.1 Å². The fourth-order valence-electron chi connectivity index (χ4n) is 3.32. The van der Waals surface area contributed by atoms with E-state index in [1.165, 1.54) is 41.3 Å². The van der Waals surface area contributed by atoms with Crippen LogP contribution < -0.4 is 10.5 Å². The van der Waals surface area contributed by atoms with Crippen LogP contribution in [0.15, 0.2) is 77.6 Å². The van der Waals surface area contributed by atoms with Crippen LogP contribution in [-0.4, -0.2) is 10.9 Å². The molecule has 1 heterocycles. The van der Waals surface area contributed by atoms with E-state index in [1.54, 1.807) is 36.4 Å². The number of aromatic nitrogens is 1. The Hall–Kier alpha value is -3.51. The number of aromatic amines is 1. The minimum atomic E-state index is -0.670. The average Bonchev–Trinajstić information content (AvgIpc) is 2.72. The van der Waals surface area contributed by atoms with E-state index in [2.05, 4.69) is 4.98 Å². The van der Waals surface area contributed by atoms with E-state index in [0.29, 0.717) is 21.7 Å². The van der Waals surface area contributed by atoms with Gasteiger partial charge in [0.2, 0.25) is 5.56 Å². The zero-order chi connectivity index (χ0) is 21.3. The summed E-state index contributed by atoms with van der Waals surface area (Å²) < 4.78 is 28.5. The average molecular weight is 425 g/mol. The molecule has 30 heavy (non-hydrogen) atoms. The van der Waals surface area contributed by atoms with Crippen LogP contribution in [0.3, 0.4) is 0 Å². The molecule has 0 spiro atoms. The predicted octanol–water partition coefficient (Wildman–Crippen LogP) is 5.31. The predicted molar refractivity (Wildman–Crippen MR) is 113 cm³/mol.